The van der Waals surface area contributed by atoms with Crippen LogP contribution in [0.25, 0.3) is 39.0 Å². The number of halogens is 3. The zero-order valence-corrected chi connectivity index (χ0v) is 29.4. The summed E-state index contributed by atoms with van der Waals surface area (Å²) in [4.78, 5) is 40.9. The second kappa shape index (κ2) is 15.2. The van der Waals surface area contributed by atoms with Crippen LogP contribution in [-0.4, -0.2) is 99.2 Å². The molecule has 2 atom stereocenters. The van der Waals surface area contributed by atoms with Crippen molar-refractivity contribution in [3.8, 4) is 17.3 Å². The molecule has 3 aliphatic heterocycles. The van der Waals surface area contributed by atoms with Crippen molar-refractivity contribution in [1.82, 2.24) is 34.7 Å². The van der Waals surface area contributed by atoms with E-state index in [9.17, 15) is 9.18 Å². The van der Waals surface area contributed by atoms with Gasteiger partial charge in [0.15, 0.2) is 5.82 Å². The average Bonchev–Trinajstić information content (AvgIpc) is 3.62. The van der Waals surface area contributed by atoms with Gasteiger partial charge in [0.1, 0.15) is 29.0 Å². The molecule has 6 heterocycles. The molecular weight excluding hydrogens is 674 g/mol. The van der Waals surface area contributed by atoms with Crippen LogP contribution < -0.4 is 9.64 Å². The Morgan fingerprint density at radius 1 is 1.00 bits per heavy atom. The summed E-state index contributed by atoms with van der Waals surface area (Å²) in [6.45, 7) is 5.79. The number of hydrogen-bond donors (Lipinski definition) is 0. The van der Waals surface area contributed by atoms with Gasteiger partial charge in [-0.2, -0.15) is 9.97 Å². The van der Waals surface area contributed by atoms with Crippen molar-refractivity contribution in [3.63, 3.8) is 0 Å². The normalized spacial score (nSPS) is 19.3. The molecule has 0 bridgehead atoms. The van der Waals surface area contributed by atoms with Crippen LogP contribution in [0, 0.1) is 12.7 Å². The average molecular weight is 713 g/mol. The molecule has 1 amide bonds. The summed E-state index contributed by atoms with van der Waals surface area (Å²) in [5.74, 6) is 0.455. The van der Waals surface area contributed by atoms with Crippen LogP contribution >= 0.6 is 11.6 Å². The summed E-state index contributed by atoms with van der Waals surface area (Å²) in [6.07, 6.45) is 9.99. The van der Waals surface area contributed by atoms with Crippen molar-refractivity contribution in [2.75, 3.05) is 51.3 Å². The molecule has 0 N–H and O–H groups in total. The Labute approximate surface area is 300 Å². The van der Waals surface area contributed by atoms with E-state index in [1.165, 1.54) is 26.0 Å². The predicted molar refractivity (Wildman–Crippen MR) is 195 cm³/mol. The lowest BCUT2D eigenvalue weighted by molar-refractivity contribution is -0.125. The lowest BCUT2D eigenvalue weighted by Gasteiger charge is -2.24. The molecule has 3 aliphatic rings. The van der Waals surface area contributed by atoms with Crippen molar-refractivity contribution in [2.45, 2.75) is 44.8 Å². The minimum absolute atomic E-state index is 0.0461. The molecule has 2 unspecified atom stereocenters. The molecule has 264 valence electrons. The van der Waals surface area contributed by atoms with Gasteiger partial charge in [-0.15, -0.1) is 0 Å². The molecule has 10 nitrogen and oxygen atoms in total. The van der Waals surface area contributed by atoms with Gasteiger partial charge < -0.3 is 14.5 Å². The second-order valence-electron chi connectivity index (χ2n) is 13.0. The maximum atomic E-state index is 16.2. The number of rotatable bonds is 5. The highest BCUT2D eigenvalue weighted by Crippen LogP contribution is 2.37. The molecule has 3 saturated heterocycles. The second-order valence-corrected chi connectivity index (χ2v) is 13.4. The fraction of sp³-hybridized carbons (Fsp3) is 0.368. The van der Waals surface area contributed by atoms with Crippen LogP contribution in [0.1, 0.15) is 37.2 Å². The minimum atomic E-state index is -0.585. The van der Waals surface area contributed by atoms with Gasteiger partial charge in [-0.25, -0.2) is 18.7 Å². The van der Waals surface area contributed by atoms with Crippen molar-refractivity contribution in [1.29, 1.82) is 0 Å². The third-order valence-corrected chi connectivity index (χ3v) is 10.0. The summed E-state index contributed by atoms with van der Waals surface area (Å²) in [6, 6.07) is 13.5. The molecule has 2 aromatic carbocycles. The lowest BCUT2D eigenvalue weighted by atomic mass is 10.0. The molecule has 51 heavy (non-hydrogen) atoms. The number of aryl methyl sites for hydroxylation is 1. The number of pyridine rings is 1. The first-order valence-corrected chi connectivity index (χ1v) is 17.6. The van der Waals surface area contributed by atoms with Crippen LogP contribution in [0.2, 0.25) is 5.02 Å². The molecule has 5 aromatic rings. The van der Waals surface area contributed by atoms with Crippen LogP contribution in [0.15, 0.2) is 60.9 Å². The Bertz CT molecular complexity index is 2080. The quantitative estimate of drug-likeness (QED) is 0.185. The number of carbonyl (C=O) groups is 1. The summed E-state index contributed by atoms with van der Waals surface area (Å²) in [5, 5.41) is 2.57. The fourth-order valence-corrected chi connectivity index (χ4v) is 7.52. The monoisotopic (exact) mass is 712 g/mol. The molecule has 0 aliphatic carbocycles. The van der Waals surface area contributed by atoms with Gasteiger partial charge >= 0.3 is 6.01 Å². The maximum absolute atomic E-state index is 16.2. The largest absolute Gasteiger partial charge is 0.467 e. The van der Waals surface area contributed by atoms with Gasteiger partial charge in [0, 0.05) is 73.2 Å². The summed E-state index contributed by atoms with van der Waals surface area (Å²) in [7, 11) is 1.45. The van der Waals surface area contributed by atoms with E-state index < -0.39 is 12.0 Å². The van der Waals surface area contributed by atoms with E-state index in [1.807, 2.05) is 29.2 Å². The van der Waals surface area contributed by atoms with Gasteiger partial charge in [-0.3, -0.25) is 14.7 Å². The standard InChI is InChI=1S/C31H27ClFN7O2.C7H12FN/c1-19-34-13-12-21(36-19)10-11-25(41)39-14-5-15-40(17-16-39)30-23-18-35-28(27(33)29(23)37-31(38-30)42-2)22-8-3-6-20-7-4-9-24(32)26(20)22;8-6-4-7-2-1-3-9(7)5-6/h3-4,6-13,18H,5,14-17H2,1-2H3;6-7H,1-5H2/b11-10+;. The summed E-state index contributed by atoms with van der Waals surface area (Å²) in [5.41, 5.74) is 1.50. The van der Waals surface area contributed by atoms with Gasteiger partial charge in [0.2, 0.25) is 5.91 Å². The minimum Gasteiger partial charge on any atom is -0.467 e. The predicted octanol–water partition coefficient (Wildman–Crippen LogP) is 6.69. The summed E-state index contributed by atoms with van der Waals surface area (Å²) >= 11 is 6.52. The van der Waals surface area contributed by atoms with E-state index in [2.05, 4.69) is 29.8 Å². The van der Waals surface area contributed by atoms with E-state index in [4.69, 9.17) is 16.3 Å². The first-order valence-electron chi connectivity index (χ1n) is 17.3. The van der Waals surface area contributed by atoms with Gasteiger partial charge in [-0.05, 0) is 62.7 Å². The third-order valence-electron chi connectivity index (χ3n) is 9.70. The first kappa shape index (κ1) is 34.6. The van der Waals surface area contributed by atoms with E-state index in [0.29, 0.717) is 78.5 Å². The lowest BCUT2D eigenvalue weighted by Crippen LogP contribution is -2.34. The number of ether oxygens (including phenoxy) is 1. The molecule has 0 spiro atoms. The van der Waals surface area contributed by atoms with E-state index in [0.717, 1.165) is 23.7 Å². The van der Waals surface area contributed by atoms with Gasteiger partial charge in [-0.1, -0.05) is 41.9 Å². The SMILES string of the molecule is COc1nc(N2CCCN(C(=O)/C=C/c3ccnc(C)n3)CC2)c2cnc(-c3cccc4cccc(Cl)c34)c(F)c2n1.FC1CC2CCCN2C1. The summed E-state index contributed by atoms with van der Waals surface area (Å²) < 4.78 is 34.2. The first-order chi connectivity index (χ1) is 24.8. The molecule has 3 fully saturated rings. The van der Waals surface area contributed by atoms with Crippen molar-refractivity contribution < 1.29 is 18.3 Å². The topological polar surface area (TPSA) is 100 Å². The number of carbonyl (C=O) groups excluding carboxylic acids is 1. The number of fused-ring (bicyclic) bond motifs is 3. The number of alkyl halides is 1. The van der Waals surface area contributed by atoms with Crippen molar-refractivity contribution in [2.24, 2.45) is 0 Å². The van der Waals surface area contributed by atoms with Crippen LogP contribution in [0.3, 0.4) is 0 Å². The Morgan fingerprint density at radius 2 is 1.84 bits per heavy atom. The van der Waals surface area contributed by atoms with E-state index in [-0.39, 0.29) is 23.1 Å². The number of nitrogens with zero attached hydrogens (tertiary/aromatic N) is 8. The zero-order valence-electron chi connectivity index (χ0n) is 28.6. The Balaban J connectivity index is 0.000000389. The fourth-order valence-electron chi connectivity index (χ4n) is 7.24. The van der Waals surface area contributed by atoms with E-state index >= 15 is 4.39 Å². The van der Waals surface area contributed by atoms with Gasteiger partial charge in [0.25, 0.3) is 0 Å². The van der Waals surface area contributed by atoms with Crippen LogP contribution in [0.4, 0.5) is 14.6 Å². The molecular formula is C38H39ClF2N8O2. The Hall–Kier alpha value is -4.81. The third kappa shape index (κ3) is 7.48. The van der Waals surface area contributed by atoms with Crippen molar-refractivity contribution in [3.05, 3.63) is 83.3 Å². The molecule has 0 saturated carbocycles. The molecule has 13 heteroatoms. The maximum Gasteiger partial charge on any atom is 0.318 e. The Morgan fingerprint density at radius 3 is 2.65 bits per heavy atom. The number of methoxy groups -OCH3 is 1. The molecule has 3 aromatic heterocycles. The number of amides is 1. The smallest absolute Gasteiger partial charge is 0.318 e. The van der Waals surface area contributed by atoms with Crippen LogP contribution in [-0.2, 0) is 4.79 Å². The number of benzene rings is 2. The Kier molecular flexibility index (Phi) is 10.3. The van der Waals surface area contributed by atoms with Crippen molar-refractivity contribution >= 4 is 51.1 Å². The number of hydrogen-bond acceptors (Lipinski definition) is 9. The molecule has 8 rings (SSSR count). The number of anilines is 1. The van der Waals surface area contributed by atoms with Crippen LogP contribution in [0.5, 0.6) is 6.01 Å². The highest BCUT2D eigenvalue weighted by molar-refractivity contribution is 6.36. The molecule has 0 radical (unpaired) electrons. The highest BCUT2D eigenvalue weighted by atomic mass is 35.5. The zero-order chi connectivity index (χ0) is 35.5. The number of aromatic nitrogens is 5. The van der Waals surface area contributed by atoms with Gasteiger partial charge in [0.05, 0.1) is 18.2 Å². The van der Waals surface area contributed by atoms with E-state index in [1.54, 1.807) is 48.5 Å². The highest BCUT2D eigenvalue weighted by Gasteiger charge is 2.34.